The number of aromatic nitrogens is 1. The van der Waals surface area contributed by atoms with Crippen LogP contribution in [0.25, 0.3) is 10.9 Å². The van der Waals surface area contributed by atoms with Gasteiger partial charge >= 0.3 is 5.97 Å². The largest absolute Gasteiger partial charge is 0.481 e. The molecule has 1 aromatic heterocycles. The number of hydrogen-bond donors (Lipinski definition) is 1. The lowest BCUT2D eigenvalue weighted by Crippen LogP contribution is -2.52. The monoisotopic (exact) mass is 382 g/mol. The van der Waals surface area contributed by atoms with Crippen molar-refractivity contribution in [2.45, 2.75) is 38.5 Å². The molecular formula is C22H26N2O4. The van der Waals surface area contributed by atoms with Gasteiger partial charge in [-0.1, -0.05) is 11.6 Å². The summed E-state index contributed by atoms with van der Waals surface area (Å²) in [4.78, 5) is 31.9. The number of nitrogens with zero attached hydrogens (tertiary/aromatic N) is 2. The van der Waals surface area contributed by atoms with E-state index in [2.05, 4.69) is 0 Å². The molecule has 1 aliphatic heterocycles. The van der Waals surface area contributed by atoms with Crippen LogP contribution in [0.3, 0.4) is 0 Å². The third-order valence-corrected chi connectivity index (χ3v) is 5.95. The third kappa shape index (κ3) is 3.37. The number of carbonyl (C=O) groups excluding carboxylic acids is 1. The van der Waals surface area contributed by atoms with Crippen molar-refractivity contribution in [2.24, 2.45) is 5.41 Å². The van der Waals surface area contributed by atoms with E-state index in [1.54, 1.807) is 4.90 Å². The lowest BCUT2D eigenvalue weighted by Gasteiger charge is -2.39. The molecule has 1 unspecified atom stereocenters. The van der Waals surface area contributed by atoms with Gasteiger partial charge in [0, 0.05) is 37.2 Å². The Labute approximate surface area is 164 Å². The minimum atomic E-state index is -1.04. The van der Waals surface area contributed by atoms with Gasteiger partial charge in [0.05, 0.1) is 17.7 Å². The van der Waals surface area contributed by atoms with Crippen molar-refractivity contribution in [3.05, 3.63) is 41.1 Å². The van der Waals surface area contributed by atoms with Crippen LogP contribution in [0.1, 0.15) is 53.2 Å². The smallest absolute Gasteiger partial charge is 0.313 e. The van der Waals surface area contributed by atoms with E-state index in [-0.39, 0.29) is 19.1 Å². The van der Waals surface area contributed by atoms with Crippen LogP contribution in [0.2, 0.25) is 0 Å². The summed E-state index contributed by atoms with van der Waals surface area (Å²) in [6, 6.07) is 7.90. The molecule has 1 saturated heterocycles. The number of carboxylic acids is 1. The van der Waals surface area contributed by atoms with Gasteiger partial charge < -0.3 is 14.7 Å². The number of aliphatic carboxylic acids is 1. The van der Waals surface area contributed by atoms with Crippen LogP contribution in [0, 0.1) is 12.3 Å². The Hall–Kier alpha value is -2.47. The summed E-state index contributed by atoms with van der Waals surface area (Å²) >= 11 is 0. The molecule has 4 rings (SSSR count). The highest BCUT2D eigenvalue weighted by atomic mass is 16.5. The quantitative estimate of drug-likeness (QED) is 0.858. The molecule has 28 heavy (non-hydrogen) atoms. The highest BCUT2D eigenvalue weighted by Crippen LogP contribution is 2.40. The Kier molecular flexibility index (Phi) is 4.83. The average Bonchev–Trinajstić information content (AvgIpc) is 3.52. The van der Waals surface area contributed by atoms with Gasteiger partial charge in [-0.05, 0) is 50.8 Å². The predicted octanol–water partition coefficient (Wildman–Crippen LogP) is 3.37. The topological polar surface area (TPSA) is 79.7 Å². The van der Waals surface area contributed by atoms with E-state index in [9.17, 15) is 14.7 Å². The van der Waals surface area contributed by atoms with Gasteiger partial charge in [0.15, 0.2) is 0 Å². The molecule has 148 valence electrons. The Morgan fingerprint density at radius 3 is 2.79 bits per heavy atom. The number of hydrogen-bond acceptors (Lipinski definition) is 4. The number of piperidine rings is 1. The zero-order valence-electron chi connectivity index (χ0n) is 16.4. The summed E-state index contributed by atoms with van der Waals surface area (Å²) < 4.78 is 5.20. The van der Waals surface area contributed by atoms with E-state index in [4.69, 9.17) is 9.72 Å². The van der Waals surface area contributed by atoms with E-state index in [1.807, 2.05) is 31.2 Å². The number of carboxylic acid groups (broad SMARTS) is 1. The van der Waals surface area contributed by atoms with Gasteiger partial charge in [0.1, 0.15) is 5.41 Å². The first-order valence-electron chi connectivity index (χ1n) is 9.86. The van der Waals surface area contributed by atoms with E-state index in [0.29, 0.717) is 30.9 Å². The first kappa shape index (κ1) is 18.9. The number of likely N-dealkylation sites (tertiary alicyclic amines) is 1. The highest BCUT2D eigenvalue weighted by Gasteiger charge is 2.44. The summed E-state index contributed by atoms with van der Waals surface area (Å²) in [6.07, 6.45) is 3.39. The minimum Gasteiger partial charge on any atom is -0.481 e. The highest BCUT2D eigenvalue weighted by molar-refractivity contribution is 6.06. The van der Waals surface area contributed by atoms with E-state index < -0.39 is 11.4 Å². The molecule has 0 radical (unpaired) electrons. The summed E-state index contributed by atoms with van der Waals surface area (Å²) in [5.74, 6) is -0.576. The number of benzene rings is 1. The van der Waals surface area contributed by atoms with Crippen molar-refractivity contribution < 1.29 is 19.4 Å². The predicted molar refractivity (Wildman–Crippen MR) is 106 cm³/mol. The number of rotatable bonds is 5. The Bertz CT molecular complexity index is 934. The Morgan fingerprint density at radius 1 is 1.32 bits per heavy atom. The molecule has 0 spiro atoms. The normalized spacial score (nSPS) is 22.4. The second kappa shape index (κ2) is 7.17. The zero-order valence-corrected chi connectivity index (χ0v) is 16.4. The van der Waals surface area contributed by atoms with Gasteiger partial charge in [-0.25, -0.2) is 0 Å². The maximum atomic E-state index is 13.5. The van der Waals surface area contributed by atoms with Gasteiger partial charge in [-0.15, -0.1) is 0 Å². The fourth-order valence-electron chi connectivity index (χ4n) is 4.23. The number of ether oxygens (including phenoxy) is 1. The standard InChI is InChI=1S/C22H26N2O4/c1-14-4-7-18-16(10-14)17(11-19(23-18)15-5-6-15)20(25)24-9-3-8-22(12-24,13-28-2)21(26)27/h4,7,10-11,15H,3,5-6,8-9,12-13H2,1-2H3,(H,26,27). The fraction of sp³-hybridized carbons (Fsp3) is 0.500. The van der Waals surface area contributed by atoms with E-state index in [1.165, 1.54) is 7.11 Å². The second-order valence-electron chi connectivity index (χ2n) is 8.24. The average molecular weight is 382 g/mol. The molecule has 2 fully saturated rings. The Balaban J connectivity index is 1.73. The van der Waals surface area contributed by atoms with Gasteiger partial charge in [0.25, 0.3) is 5.91 Å². The van der Waals surface area contributed by atoms with Gasteiger partial charge in [-0.3, -0.25) is 14.6 Å². The third-order valence-electron chi connectivity index (χ3n) is 5.95. The van der Waals surface area contributed by atoms with E-state index in [0.717, 1.165) is 35.0 Å². The van der Waals surface area contributed by atoms with Crippen LogP contribution < -0.4 is 0 Å². The first-order valence-corrected chi connectivity index (χ1v) is 9.86. The zero-order chi connectivity index (χ0) is 19.9. The van der Waals surface area contributed by atoms with Crippen molar-refractivity contribution in [1.82, 2.24) is 9.88 Å². The molecule has 1 saturated carbocycles. The molecule has 1 amide bonds. The number of fused-ring (bicyclic) bond motifs is 1. The molecule has 1 N–H and O–H groups in total. The van der Waals surface area contributed by atoms with Crippen molar-refractivity contribution >= 4 is 22.8 Å². The van der Waals surface area contributed by atoms with Crippen LogP contribution >= 0.6 is 0 Å². The summed E-state index contributed by atoms with van der Waals surface area (Å²) in [5.41, 5.74) is 2.46. The van der Waals surface area contributed by atoms with Crippen LogP contribution in [0.15, 0.2) is 24.3 Å². The summed E-state index contributed by atoms with van der Waals surface area (Å²) in [5, 5.41) is 10.6. The van der Waals surface area contributed by atoms with Crippen LogP contribution in [-0.2, 0) is 9.53 Å². The number of aryl methyl sites for hydroxylation is 1. The lowest BCUT2D eigenvalue weighted by molar-refractivity contribution is -0.155. The van der Waals surface area contributed by atoms with Gasteiger partial charge in [-0.2, -0.15) is 0 Å². The lowest BCUT2D eigenvalue weighted by atomic mass is 9.80. The van der Waals surface area contributed by atoms with Crippen molar-refractivity contribution in [3.8, 4) is 0 Å². The van der Waals surface area contributed by atoms with Crippen LogP contribution in [-0.4, -0.2) is 53.7 Å². The molecule has 2 heterocycles. The summed E-state index contributed by atoms with van der Waals surface area (Å²) in [6.45, 7) is 2.84. The molecule has 6 heteroatoms. The van der Waals surface area contributed by atoms with Crippen LogP contribution in [0.5, 0.6) is 0 Å². The molecule has 1 aliphatic carbocycles. The minimum absolute atomic E-state index is 0.107. The Morgan fingerprint density at radius 2 is 2.11 bits per heavy atom. The number of amides is 1. The van der Waals surface area contributed by atoms with Crippen LogP contribution in [0.4, 0.5) is 0 Å². The van der Waals surface area contributed by atoms with Crippen molar-refractivity contribution in [2.75, 3.05) is 26.8 Å². The maximum Gasteiger partial charge on any atom is 0.313 e. The van der Waals surface area contributed by atoms with Crippen molar-refractivity contribution in [1.29, 1.82) is 0 Å². The molecule has 2 aromatic rings. The fourth-order valence-corrected chi connectivity index (χ4v) is 4.23. The van der Waals surface area contributed by atoms with Gasteiger partial charge in [0.2, 0.25) is 0 Å². The summed E-state index contributed by atoms with van der Waals surface area (Å²) in [7, 11) is 1.51. The molecule has 2 aliphatic rings. The second-order valence-corrected chi connectivity index (χ2v) is 8.24. The first-order chi connectivity index (χ1) is 13.4. The number of carbonyl (C=O) groups is 2. The number of methoxy groups -OCH3 is 1. The molecule has 1 aromatic carbocycles. The molecule has 0 bridgehead atoms. The maximum absolute atomic E-state index is 13.5. The molecule has 6 nitrogen and oxygen atoms in total. The van der Waals surface area contributed by atoms with E-state index >= 15 is 0 Å². The molecular weight excluding hydrogens is 356 g/mol. The number of pyridine rings is 1. The van der Waals surface area contributed by atoms with Crippen molar-refractivity contribution in [3.63, 3.8) is 0 Å². The molecule has 1 atom stereocenters. The SMILES string of the molecule is COCC1(C(=O)O)CCCN(C(=O)c2cc(C3CC3)nc3ccc(C)cc23)C1.